The highest BCUT2D eigenvalue weighted by molar-refractivity contribution is 14.1. The van der Waals surface area contributed by atoms with Crippen LogP contribution in [0.5, 0.6) is 5.75 Å². The molecule has 0 heterocycles. The molecule has 1 rings (SSSR count). The molecule has 0 fully saturated rings. The Bertz CT molecular complexity index is 265. The van der Waals surface area contributed by atoms with Crippen LogP contribution in [0, 0.1) is 3.57 Å². The molecule has 0 unspecified atom stereocenters. The van der Waals surface area contributed by atoms with E-state index in [1.807, 2.05) is 18.2 Å². The summed E-state index contributed by atoms with van der Waals surface area (Å²) in [6, 6.07) is 5.62. The lowest BCUT2D eigenvalue weighted by Crippen LogP contribution is -1.99. The van der Waals surface area contributed by atoms with E-state index >= 15 is 0 Å². The summed E-state index contributed by atoms with van der Waals surface area (Å²) in [5, 5.41) is 0.634. The molecule has 0 saturated heterocycles. The maximum absolute atomic E-state index is 5.94. The van der Waals surface area contributed by atoms with Crippen LogP contribution in [0.15, 0.2) is 18.2 Å². The van der Waals surface area contributed by atoms with E-state index in [4.69, 9.17) is 21.1 Å². The first kappa shape index (κ1) is 10.1. The van der Waals surface area contributed by atoms with Gasteiger partial charge in [-0.1, -0.05) is 17.7 Å². The summed E-state index contributed by atoms with van der Waals surface area (Å²) >= 11 is 8.09. The maximum Gasteiger partial charge on any atom is 0.188 e. The van der Waals surface area contributed by atoms with Gasteiger partial charge in [-0.3, -0.25) is 0 Å². The molecule has 12 heavy (non-hydrogen) atoms. The van der Waals surface area contributed by atoms with Crippen LogP contribution in [-0.4, -0.2) is 13.9 Å². The Morgan fingerprint density at radius 1 is 1.50 bits per heavy atom. The van der Waals surface area contributed by atoms with E-state index in [9.17, 15) is 0 Å². The molecule has 0 radical (unpaired) electrons. The maximum atomic E-state index is 5.94. The Balaban J connectivity index is 2.78. The molecular formula is C8H8ClIO2. The van der Waals surface area contributed by atoms with Crippen molar-refractivity contribution in [2.45, 2.75) is 0 Å². The minimum atomic E-state index is 0.222. The van der Waals surface area contributed by atoms with Crippen LogP contribution >= 0.6 is 34.2 Å². The molecule has 66 valence electrons. The second-order valence-corrected chi connectivity index (χ2v) is 3.64. The average Bonchev–Trinajstić information content (AvgIpc) is 2.08. The number of rotatable bonds is 3. The number of benzene rings is 1. The lowest BCUT2D eigenvalue weighted by molar-refractivity contribution is 0.0511. The first-order valence-electron chi connectivity index (χ1n) is 3.31. The van der Waals surface area contributed by atoms with Crippen molar-refractivity contribution < 1.29 is 9.47 Å². The molecule has 0 amide bonds. The fraction of sp³-hybridized carbons (Fsp3) is 0.250. The van der Waals surface area contributed by atoms with Gasteiger partial charge in [-0.15, -0.1) is 0 Å². The number of hydrogen-bond acceptors (Lipinski definition) is 2. The van der Waals surface area contributed by atoms with Crippen molar-refractivity contribution in [3.05, 3.63) is 26.8 Å². The zero-order valence-corrected chi connectivity index (χ0v) is 9.43. The summed E-state index contributed by atoms with van der Waals surface area (Å²) in [6.07, 6.45) is 0. The fourth-order valence-electron chi connectivity index (χ4n) is 0.718. The third-order valence-electron chi connectivity index (χ3n) is 1.25. The van der Waals surface area contributed by atoms with Gasteiger partial charge in [0, 0.05) is 10.7 Å². The minimum absolute atomic E-state index is 0.222. The topological polar surface area (TPSA) is 18.5 Å². The SMILES string of the molecule is COCOc1cccc(I)c1Cl. The minimum Gasteiger partial charge on any atom is -0.466 e. The summed E-state index contributed by atoms with van der Waals surface area (Å²) < 4.78 is 10.9. The molecule has 4 heteroatoms. The zero-order chi connectivity index (χ0) is 8.97. The van der Waals surface area contributed by atoms with Crippen LogP contribution in [0.4, 0.5) is 0 Å². The molecule has 0 atom stereocenters. The smallest absolute Gasteiger partial charge is 0.188 e. The van der Waals surface area contributed by atoms with Crippen molar-refractivity contribution in [1.82, 2.24) is 0 Å². The van der Waals surface area contributed by atoms with Gasteiger partial charge in [0.05, 0.1) is 5.02 Å². The monoisotopic (exact) mass is 298 g/mol. The van der Waals surface area contributed by atoms with Gasteiger partial charge in [-0.2, -0.15) is 0 Å². The number of halogens is 2. The van der Waals surface area contributed by atoms with E-state index in [-0.39, 0.29) is 6.79 Å². The van der Waals surface area contributed by atoms with Crippen molar-refractivity contribution in [3.63, 3.8) is 0 Å². The number of ether oxygens (including phenoxy) is 2. The van der Waals surface area contributed by atoms with E-state index in [1.54, 1.807) is 7.11 Å². The molecule has 1 aromatic rings. The number of methoxy groups -OCH3 is 1. The Labute approximate surface area is 90.0 Å². The van der Waals surface area contributed by atoms with Gasteiger partial charge in [0.2, 0.25) is 0 Å². The predicted molar refractivity (Wildman–Crippen MR) is 56.7 cm³/mol. The van der Waals surface area contributed by atoms with Crippen LogP contribution in [0.2, 0.25) is 5.02 Å². The standard InChI is InChI=1S/C8H8ClIO2/c1-11-5-12-7-4-2-3-6(10)8(7)9/h2-4H,5H2,1H3. The van der Waals surface area contributed by atoms with Crippen LogP contribution in [0.3, 0.4) is 0 Å². The van der Waals surface area contributed by atoms with E-state index in [2.05, 4.69) is 22.6 Å². The Hall–Kier alpha value is -0.0000000000000000555. The third kappa shape index (κ3) is 2.50. The molecule has 2 nitrogen and oxygen atoms in total. The second kappa shape index (κ2) is 4.89. The summed E-state index contributed by atoms with van der Waals surface area (Å²) in [7, 11) is 1.57. The lowest BCUT2D eigenvalue weighted by Gasteiger charge is -2.06. The molecule has 0 aliphatic rings. The van der Waals surface area contributed by atoms with E-state index in [0.717, 1.165) is 3.57 Å². The number of hydrogen-bond donors (Lipinski definition) is 0. The molecule has 1 aromatic carbocycles. The molecule has 0 aliphatic carbocycles. The predicted octanol–water partition coefficient (Wildman–Crippen LogP) is 2.93. The van der Waals surface area contributed by atoms with E-state index in [1.165, 1.54) is 0 Å². The lowest BCUT2D eigenvalue weighted by atomic mass is 10.3. The molecule has 0 aromatic heterocycles. The largest absolute Gasteiger partial charge is 0.466 e. The van der Waals surface area contributed by atoms with Crippen molar-refractivity contribution >= 4 is 34.2 Å². The van der Waals surface area contributed by atoms with Crippen LogP contribution in [-0.2, 0) is 4.74 Å². The highest BCUT2D eigenvalue weighted by Gasteiger charge is 2.03. The average molecular weight is 299 g/mol. The summed E-state index contributed by atoms with van der Waals surface area (Å²) in [6.45, 7) is 0.222. The van der Waals surface area contributed by atoms with Gasteiger partial charge < -0.3 is 9.47 Å². The Kier molecular flexibility index (Phi) is 4.11. The summed E-state index contributed by atoms with van der Waals surface area (Å²) in [5.41, 5.74) is 0. The van der Waals surface area contributed by atoms with Gasteiger partial charge in [0.1, 0.15) is 5.75 Å². The Morgan fingerprint density at radius 2 is 2.25 bits per heavy atom. The van der Waals surface area contributed by atoms with Crippen molar-refractivity contribution in [2.24, 2.45) is 0 Å². The first-order valence-corrected chi connectivity index (χ1v) is 4.77. The van der Waals surface area contributed by atoms with Gasteiger partial charge in [-0.25, -0.2) is 0 Å². The van der Waals surface area contributed by atoms with E-state index < -0.39 is 0 Å². The fourth-order valence-corrected chi connectivity index (χ4v) is 1.37. The molecule has 0 bridgehead atoms. The zero-order valence-electron chi connectivity index (χ0n) is 6.51. The molecular weight excluding hydrogens is 290 g/mol. The first-order chi connectivity index (χ1) is 5.75. The van der Waals surface area contributed by atoms with E-state index in [0.29, 0.717) is 10.8 Å². The van der Waals surface area contributed by atoms with Gasteiger partial charge >= 0.3 is 0 Å². The summed E-state index contributed by atoms with van der Waals surface area (Å²) in [4.78, 5) is 0. The van der Waals surface area contributed by atoms with Crippen LogP contribution in [0.25, 0.3) is 0 Å². The molecule has 0 aliphatic heterocycles. The molecule has 0 N–H and O–H groups in total. The normalized spacial score (nSPS) is 9.92. The third-order valence-corrected chi connectivity index (χ3v) is 2.86. The van der Waals surface area contributed by atoms with Crippen LogP contribution in [0.1, 0.15) is 0 Å². The van der Waals surface area contributed by atoms with Gasteiger partial charge in [-0.05, 0) is 34.7 Å². The van der Waals surface area contributed by atoms with Gasteiger partial charge in [0.25, 0.3) is 0 Å². The summed E-state index contributed by atoms with van der Waals surface area (Å²) in [5.74, 6) is 0.658. The molecule has 0 saturated carbocycles. The van der Waals surface area contributed by atoms with Crippen molar-refractivity contribution in [1.29, 1.82) is 0 Å². The van der Waals surface area contributed by atoms with Crippen molar-refractivity contribution in [2.75, 3.05) is 13.9 Å². The van der Waals surface area contributed by atoms with Crippen molar-refractivity contribution in [3.8, 4) is 5.75 Å². The highest BCUT2D eigenvalue weighted by Crippen LogP contribution is 2.28. The van der Waals surface area contributed by atoms with Crippen LogP contribution < -0.4 is 4.74 Å². The quantitative estimate of drug-likeness (QED) is 0.631. The second-order valence-electron chi connectivity index (χ2n) is 2.10. The highest BCUT2D eigenvalue weighted by atomic mass is 127. The van der Waals surface area contributed by atoms with Gasteiger partial charge in [0.15, 0.2) is 6.79 Å². The Morgan fingerprint density at radius 3 is 2.92 bits per heavy atom. The molecule has 0 spiro atoms.